The highest BCUT2D eigenvalue weighted by atomic mass is 79.9. The van der Waals surface area contributed by atoms with Crippen molar-refractivity contribution in [1.29, 1.82) is 0 Å². The minimum atomic E-state index is -0.825. The van der Waals surface area contributed by atoms with Crippen LogP contribution in [0, 0.1) is 11.6 Å². The lowest BCUT2D eigenvalue weighted by Crippen LogP contribution is -2.11. The van der Waals surface area contributed by atoms with Crippen LogP contribution in [0.4, 0.5) is 8.78 Å². The standard InChI is InChI=1S/C15H14BrF2NS/c1-2-19-9-10-3-6-15(12(16)7-10)20-11-4-5-13(17)14(18)8-11/h3-8,19H,2,9H2,1H3. The highest BCUT2D eigenvalue weighted by molar-refractivity contribution is 9.10. The van der Waals surface area contributed by atoms with Crippen LogP contribution in [-0.4, -0.2) is 6.54 Å². The Morgan fingerprint density at radius 3 is 2.55 bits per heavy atom. The van der Waals surface area contributed by atoms with Gasteiger partial charge in [0.2, 0.25) is 0 Å². The van der Waals surface area contributed by atoms with Crippen molar-refractivity contribution in [3.63, 3.8) is 0 Å². The molecule has 20 heavy (non-hydrogen) atoms. The summed E-state index contributed by atoms with van der Waals surface area (Å²) in [4.78, 5) is 1.64. The maximum atomic E-state index is 13.2. The number of hydrogen-bond acceptors (Lipinski definition) is 2. The fourth-order valence-corrected chi connectivity index (χ4v) is 3.19. The zero-order chi connectivity index (χ0) is 14.5. The summed E-state index contributed by atoms with van der Waals surface area (Å²) in [6.45, 7) is 3.79. The predicted octanol–water partition coefficient (Wildman–Crippen LogP) is 4.99. The highest BCUT2D eigenvalue weighted by Gasteiger charge is 2.07. The summed E-state index contributed by atoms with van der Waals surface area (Å²) in [6, 6.07) is 9.95. The molecule has 2 aromatic carbocycles. The van der Waals surface area contributed by atoms with Gasteiger partial charge in [-0.3, -0.25) is 0 Å². The van der Waals surface area contributed by atoms with Crippen molar-refractivity contribution in [1.82, 2.24) is 5.32 Å². The van der Waals surface area contributed by atoms with Crippen LogP contribution in [0.1, 0.15) is 12.5 Å². The van der Waals surface area contributed by atoms with Gasteiger partial charge in [-0.2, -0.15) is 0 Å². The summed E-state index contributed by atoms with van der Waals surface area (Å²) in [5.74, 6) is -1.65. The van der Waals surface area contributed by atoms with Gasteiger partial charge in [0.1, 0.15) is 0 Å². The van der Waals surface area contributed by atoms with Crippen LogP contribution in [0.25, 0.3) is 0 Å². The number of benzene rings is 2. The lowest BCUT2D eigenvalue weighted by Gasteiger charge is -2.08. The Bertz CT molecular complexity index is 604. The topological polar surface area (TPSA) is 12.0 Å². The summed E-state index contributed by atoms with van der Waals surface area (Å²) >= 11 is 4.91. The van der Waals surface area contributed by atoms with Crippen LogP contribution in [0.3, 0.4) is 0 Å². The van der Waals surface area contributed by atoms with E-state index in [1.807, 2.05) is 18.2 Å². The maximum absolute atomic E-state index is 13.2. The van der Waals surface area contributed by atoms with E-state index in [0.717, 1.165) is 28.5 Å². The van der Waals surface area contributed by atoms with E-state index >= 15 is 0 Å². The molecule has 0 heterocycles. The second-order valence-corrected chi connectivity index (χ2v) is 6.19. The molecule has 1 N–H and O–H groups in total. The largest absolute Gasteiger partial charge is 0.313 e. The van der Waals surface area contributed by atoms with E-state index in [-0.39, 0.29) is 0 Å². The van der Waals surface area contributed by atoms with Crippen LogP contribution >= 0.6 is 27.7 Å². The van der Waals surface area contributed by atoms with E-state index in [9.17, 15) is 8.78 Å². The summed E-state index contributed by atoms with van der Waals surface area (Å²) < 4.78 is 27.0. The quantitative estimate of drug-likeness (QED) is 0.808. The summed E-state index contributed by atoms with van der Waals surface area (Å²) in [5, 5.41) is 3.26. The van der Waals surface area contributed by atoms with Crippen molar-refractivity contribution < 1.29 is 8.78 Å². The van der Waals surface area contributed by atoms with E-state index < -0.39 is 11.6 Å². The Kier molecular flexibility index (Phi) is 5.57. The molecule has 0 saturated heterocycles. The minimum Gasteiger partial charge on any atom is -0.313 e. The molecule has 0 unspecified atom stereocenters. The van der Waals surface area contributed by atoms with Crippen molar-refractivity contribution in [3.8, 4) is 0 Å². The average molecular weight is 358 g/mol. The summed E-state index contributed by atoms with van der Waals surface area (Å²) in [7, 11) is 0. The molecule has 2 rings (SSSR count). The van der Waals surface area contributed by atoms with Gasteiger partial charge in [-0.05, 0) is 58.4 Å². The average Bonchev–Trinajstić information content (AvgIpc) is 2.43. The zero-order valence-electron chi connectivity index (χ0n) is 10.9. The van der Waals surface area contributed by atoms with Crippen LogP contribution in [0.2, 0.25) is 0 Å². The van der Waals surface area contributed by atoms with Crippen molar-refractivity contribution in [2.24, 2.45) is 0 Å². The first kappa shape index (κ1) is 15.5. The Labute approximate surface area is 129 Å². The first-order chi connectivity index (χ1) is 9.60. The number of rotatable bonds is 5. The second-order valence-electron chi connectivity index (χ2n) is 4.22. The van der Waals surface area contributed by atoms with Gasteiger partial charge in [-0.15, -0.1) is 0 Å². The molecule has 0 aliphatic carbocycles. The Hall–Kier alpha value is -0.910. The van der Waals surface area contributed by atoms with Crippen molar-refractivity contribution >= 4 is 27.7 Å². The van der Waals surface area contributed by atoms with E-state index in [0.29, 0.717) is 4.90 Å². The van der Waals surface area contributed by atoms with Gasteiger partial charge < -0.3 is 5.32 Å². The van der Waals surface area contributed by atoms with Crippen LogP contribution in [0.15, 0.2) is 50.7 Å². The SMILES string of the molecule is CCNCc1ccc(Sc2ccc(F)c(F)c2)c(Br)c1. The van der Waals surface area contributed by atoms with Crippen molar-refractivity contribution in [2.45, 2.75) is 23.3 Å². The van der Waals surface area contributed by atoms with Crippen molar-refractivity contribution in [2.75, 3.05) is 6.54 Å². The molecule has 0 radical (unpaired) electrons. The second kappa shape index (κ2) is 7.20. The van der Waals surface area contributed by atoms with Gasteiger partial charge in [0.15, 0.2) is 11.6 Å². The van der Waals surface area contributed by atoms with E-state index in [2.05, 4.69) is 28.2 Å². The highest BCUT2D eigenvalue weighted by Crippen LogP contribution is 2.34. The minimum absolute atomic E-state index is 0.670. The van der Waals surface area contributed by atoms with Crippen LogP contribution < -0.4 is 5.32 Å². The van der Waals surface area contributed by atoms with Crippen LogP contribution in [0.5, 0.6) is 0 Å². The first-order valence-corrected chi connectivity index (χ1v) is 7.83. The molecule has 0 aromatic heterocycles. The molecule has 0 atom stereocenters. The molecule has 0 bridgehead atoms. The molecule has 0 saturated carbocycles. The smallest absolute Gasteiger partial charge is 0.159 e. The molecular weight excluding hydrogens is 344 g/mol. The van der Waals surface area contributed by atoms with Gasteiger partial charge in [-0.1, -0.05) is 24.8 Å². The molecule has 0 aliphatic heterocycles. The molecule has 0 amide bonds. The third-order valence-corrected chi connectivity index (χ3v) is 4.68. The Morgan fingerprint density at radius 2 is 1.90 bits per heavy atom. The molecule has 0 aliphatic rings. The Balaban J connectivity index is 2.14. The van der Waals surface area contributed by atoms with Crippen molar-refractivity contribution in [3.05, 3.63) is 58.1 Å². The fourth-order valence-electron chi connectivity index (χ4n) is 1.67. The normalized spacial score (nSPS) is 10.8. The molecule has 5 heteroatoms. The fraction of sp³-hybridized carbons (Fsp3) is 0.200. The maximum Gasteiger partial charge on any atom is 0.159 e. The number of hydrogen-bond donors (Lipinski definition) is 1. The first-order valence-electron chi connectivity index (χ1n) is 6.22. The lowest BCUT2D eigenvalue weighted by molar-refractivity contribution is 0.506. The van der Waals surface area contributed by atoms with Gasteiger partial charge in [0.25, 0.3) is 0 Å². The van der Waals surface area contributed by atoms with Gasteiger partial charge in [-0.25, -0.2) is 8.78 Å². The third kappa shape index (κ3) is 4.04. The molecular formula is C15H14BrF2NS. The summed E-state index contributed by atoms with van der Waals surface area (Å²) in [6.07, 6.45) is 0. The molecule has 2 aromatic rings. The Morgan fingerprint density at radius 1 is 1.10 bits per heavy atom. The van der Waals surface area contributed by atoms with Gasteiger partial charge in [0.05, 0.1) is 0 Å². The third-order valence-electron chi connectivity index (χ3n) is 2.69. The molecule has 0 spiro atoms. The van der Waals surface area contributed by atoms with E-state index in [1.54, 1.807) is 6.07 Å². The number of nitrogens with one attached hydrogen (secondary N) is 1. The predicted molar refractivity (Wildman–Crippen MR) is 82.0 cm³/mol. The van der Waals surface area contributed by atoms with E-state index in [4.69, 9.17) is 0 Å². The van der Waals surface area contributed by atoms with E-state index in [1.165, 1.54) is 23.4 Å². The van der Waals surface area contributed by atoms with Gasteiger partial charge >= 0.3 is 0 Å². The molecule has 106 valence electrons. The number of halogens is 3. The summed E-state index contributed by atoms with van der Waals surface area (Å²) in [5.41, 5.74) is 1.17. The monoisotopic (exact) mass is 357 g/mol. The zero-order valence-corrected chi connectivity index (χ0v) is 13.3. The van der Waals surface area contributed by atoms with Gasteiger partial charge in [0, 0.05) is 20.8 Å². The molecule has 1 nitrogen and oxygen atoms in total. The lowest BCUT2D eigenvalue weighted by atomic mass is 10.2. The molecule has 0 fully saturated rings. The van der Waals surface area contributed by atoms with Crippen LogP contribution in [-0.2, 0) is 6.54 Å².